The number of Topliss-reactive ketones (excluding diaryl/α,β-unsaturated/α-hetero) is 1. The van der Waals surface area contributed by atoms with Gasteiger partial charge in [-0.15, -0.1) is 0 Å². The number of rotatable bonds is 6. The Morgan fingerprint density at radius 2 is 1.46 bits per heavy atom. The number of hydrogen-bond donors (Lipinski definition) is 1. The van der Waals surface area contributed by atoms with Crippen molar-refractivity contribution < 1.29 is 14.7 Å². The molecule has 1 amide bonds. The van der Waals surface area contributed by atoms with Crippen LogP contribution in [0.2, 0.25) is 0 Å². The molecule has 1 saturated heterocycles. The number of aliphatic hydroxyl groups is 1. The minimum Gasteiger partial charge on any atom is -0.507 e. The van der Waals surface area contributed by atoms with Gasteiger partial charge in [0, 0.05) is 30.0 Å². The Morgan fingerprint density at radius 1 is 0.857 bits per heavy atom. The molecule has 1 aliphatic heterocycles. The van der Waals surface area contributed by atoms with Gasteiger partial charge in [0.1, 0.15) is 5.76 Å². The van der Waals surface area contributed by atoms with Gasteiger partial charge in [-0.2, -0.15) is 0 Å². The molecule has 0 bridgehead atoms. The highest BCUT2D eigenvalue weighted by Crippen LogP contribution is 2.43. The van der Waals surface area contributed by atoms with E-state index in [-0.39, 0.29) is 11.3 Å². The first kappa shape index (κ1) is 24.3. The molecule has 1 heterocycles. The van der Waals surface area contributed by atoms with Crippen molar-refractivity contribution in [3.05, 3.63) is 100 Å². The van der Waals surface area contributed by atoms with Crippen LogP contribution in [-0.2, 0) is 9.59 Å². The van der Waals surface area contributed by atoms with Gasteiger partial charge in [-0.25, -0.2) is 0 Å². The maximum atomic E-state index is 13.4. The summed E-state index contributed by atoms with van der Waals surface area (Å²) in [4.78, 5) is 30.5. The SMILES string of the molecule is CCN(CC)c1ccc(C2/C(=C(\O)c3cc(C)ccc3C)C(=O)C(=O)N2c2ccc(C)cc2)cc1. The van der Waals surface area contributed by atoms with Crippen LogP contribution in [0.15, 0.2) is 72.3 Å². The lowest BCUT2D eigenvalue weighted by Gasteiger charge is -2.27. The van der Waals surface area contributed by atoms with Crippen molar-refractivity contribution in [1.29, 1.82) is 0 Å². The molecule has 3 aromatic rings. The van der Waals surface area contributed by atoms with E-state index in [1.807, 2.05) is 87.5 Å². The molecule has 1 unspecified atom stereocenters. The van der Waals surface area contributed by atoms with Gasteiger partial charge in [-0.05, 0) is 76.1 Å². The number of aryl methyl sites for hydroxylation is 3. The van der Waals surface area contributed by atoms with E-state index in [9.17, 15) is 14.7 Å². The van der Waals surface area contributed by atoms with Crippen molar-refractivity contribution in [2.45, 2.75) is 40.7 Å². The Balaban J connectivity index is 1.92. The zero-order valence-corrected chi connectivity index (χ0v) is 21.0. The summed E-state index contributed by atoms with van der Waals surface area (Å²) in [5, 5.41) is 11.4. The fourth-order valence-corrected chi connectivity index (χ4v) is 4.71. The van der Waals surface area contributed by atoms with E-state index >= 15 is 0 Å². The van der Waals surface area contributed by atoms with Crippen LogP contribution in [0.5, 0.6) is 0 Å². The smallest absolute Gasteiger partial charge is 0.300 e. The summed E-state index contributed by atoms with van der Waals surface area (Å²) >= 11 is 0. The van der Waals surface area contributed by atoms with Gasteiger partial charge < -0.3 is 10.0 Å². The summed E-state index contributed by atoms with van der Waals surface area (Å²) in [7, 11) is 0. The van der Waals surface area contributed by atoms with Crippen molar-refractivity contribution in [3.8, 4) is 0 Å². The molecule has 1 fully saturated rings. The number of carbonyl (C=O) groups is 2. The van der Waals surface area contributed by atoms with E-state index in [1.54, 1.807) is 0 Å². The maximum absolute atomic E-state index is 13.4. The molecule has 1 N–H and O–H groups in total. The Hall–Kier alpha value is -3.86. The van der Waals surface area contributed by atoms with Gasteiger partial charge in [0.25, 0.3) is 11.7 Å². The average Bonchev–Trinajstić information content (AvgIpc) is 3.12. The largest absolute Gasteiger partial charge is 0.507 e. The second-order valence-electron chi connectivity index (χ2n) is 9.09. The predicted molar refractivity (Wildman–Crippen MR) is 142 cm³/mol. The van der Waals surface area contributed by atoms with Gasteiger partial charge in [0.2, 0.25) is 0 Å². The lowest BCUT2D eigenvalue weighted by atomic mass is 9.93. The number of ketones is 1. The number of anilines is 2. The number of benzene rings is 3. The third-order valence-corrected chi connectivity index (χ3v) is 6.74. The zero-order chi connectivity index (χ0) is 25.3. The van der Waals surface area contributed by atoms with Crippen molar-refractivity contribution in [2.75, 3.05) is 22.9 Å². The highest BCUT2D eigenvalue weighted by Gasteiger charge is 2.47. The summed E-state index contributed by atoms with van der Waals surface area (Å²) < 4.78 is 0. The number of carbonyl (C=O) groups excluding carboxylic acids is 2. The minimum atomic E-state index is -0.733. The highest BCUT2D eigenvalue weighted by molar-refractivity contribution is 6.51. The van der Waals surface area contributed by atoms with Crippen molar-refractivity contribution in [2.24, 2.45) is 0 Å². The number of aliphatic hydroxyl groups excluding tert-OH is 1. The lowest BCUT2D eigenvalue weighted by Crippen LogP contribution is -2.29. The molecule has 0 aliphatic carbocycles. The summed E-state index contributed by atoms with van der Waals surface area (Å²) in [6.07, 6.45) is 0. The monoisotopic (exact) mass is 468 g/mol. The van der Waals surface area contributed by atoms with Gasteiger partial charge >= 0.3 is 0 Å². The Morgan fingerprint density at radius 3 is 2.06 bits per heavy atom. The molecule has 4 rings (SSSR count). The van der Waals surface area contributed by atoms with Gasteiger partial charge in [0.05, 0.1) is 11.6 Å². The van der Waals surface area contributed by atoms with E-state index in [0.717, 1.165) is 41.0 Å². The molecule has 0 aromatic heterocycles. The second kappa shape index (κ2) is 9.79. The average molecular weight is 469 g/mol. The molecule has 180 valence electrons. The van der Waals surface area contributed by atoms with Crippen molar-refractivity contribution >= 4 is 28.8 Å². The molecule has 5 heteroatoms. The first-order valence-corrected chi connectivity index (χ1v) is 12.1. The molecule has 0 saturated carbocycles. The van der Waals surface area contributed by atoms with E-state index < -0.39 is 17.7 Å². The fraction of sp³-hybridized carbons (Fsp3) is 0.267. The Kier molecular flexibility index (Phi) is 6.79. The molecular formula is C30H32N2O3. The summed E-state index contributed by atoms with van der Waals surface area (Å²) in [5.74, 6) is -1.46. The van der Waals surface area contributed by atoms with Crippen LogP contribution >= 0.6 is 0 Å². The van der Waals surface area contributed by atoms with Crippen LogP contribution in [-0.4, -0.2) is 29.9 Å². The minimum absolute atomic E-state index is 0.111. The standard InChI is InChI=1S/C30H32N2O3/c1-6-31(7-2)23-16-12-22(13-17-23)27-26(28(33)25-18-20(4)8-11-21(25)5)29(34)30(35)32(27)24-14-9-19(3)10-15-24/h8-18,27,33H,6-7H2,1-5H3/b28-26+. The third-order valence-electron chi connectivity index (χ3n) is 6.74. The number of nitrogens with zero attached hydrogens (tertiary/aromatic N) is 2. The van der Waals surface area contributed by atoms with Crippen LogP contribution < -0.4 is 9.80 Å². The summed E-state index contributed by atoms with van der Waals surface area (Å²) in [5.41, 5.74) is 6.00. The molecular weight excluding hydrogens is 436 g/mol. The van der Waals surface area contributed by atoms with Gasteiger partial charge in [-0.1, -0.05) is 47.5 Å². The molecule has 3 aromatic carbocycles. The van der Waals surface area contributed by atoms with Crippen LogP contribution in [0, 0.1) is 20.8 Å². The Labute approximate surface area is 207 Å². The third kappa shape index (κ3) is 4.46. The molecule has 5 nitrogen and oxygen atoms in total. The van der Waals surface area contributed by atoms with E-state index in [1.165, 1.54) is 4.90 Å². The van der Waals surface area contributed by atoms with Crippen LogP contribution in [0.25, 0.3) is 5.76 Å². The molecule has 1 aliphatic rings. The predicted octanol–water partition coefficient (Wildman–Crippen LogP) is 6.08. The summed E-state index contributed by atoms with van der Waals surface area (Å²) in [6, 6.07) is 20.4. The van der Waals surface area contributed by atoms with E-state index in [2.05, 4.69) is 18.7 Å². The van der Waals surface area contributed by atoms with Crippen LogP contribution in [0.4, 0.5) is 11.4 Å². The zero-order valence-electron chi connectivity index (χ0n) is 21.0. The summed E-state index contributed by atoms with van der Waals surface area (Å²) in [6.45, 7) is 11.8. The molecule has 0 radical (unpaired) electrons. The lowest BCUT2D eigenvalue weighted by molar-refractivity contribution is -0.132. The van der Waals surface area contributed by atoms with Crippen LogP contribution in [0.1, 0.15) is 47.7 Å². The topological polar surface area (TPSA) is 60.9 Å². The quantitative estimate of drug-likeness (QED) is 0.270. The van der Waals surface area contributed by atoms with Crippen molar-refractivity contribution in [1.82, 2.24) is 0 Å². The van der Waals surface area contributed by atoms with Gasteiger partial charge in [-0.3, -0.25) is 14.5 Å². The first-order chi connectivity index (χ1) is 16.8. The highest BCUT2D eigenvalue weighted by atomic mass is 16.3. The van der Waals surface area contributed by atoms with Crippen LogP contribution in [0.3, 0.4) is 0 Å². The van der Waals surface area contributed by atoms with Crippen molar-refractivity contribution in [3.63, 3.8) is 0 Å². The van der Waals surface area contributed by atoms with E-state index in [4.69, 9.17) is 0 Å². The maximum Gasteiger partial charge on any atom is 0.300 e. The molecule has 0 spiro atoms. The fourth-order valence-electron chi connectivity index (χ4n) is 4.71. The number of amides is 1. The Bertz CT molecular complexity index is 1290. The first-order valence-electron chi connectivity index (χ1n) is 12.1. The number of hydrogen-bond acceptors (Lipinski definition) is 4. The normalized spacial score (nSPS) is 17.2. The van der Waals surface area contributed by atoms with Gasteiger partial charge in [0.15, 0.2) is 0 Å². The molecule has 1 atom stereocenters. The van der Waals surface area contributed by atoms with E-state index in [0.29, 0.717) is 11.3 Å². The second-order valence-corrected chi connectivity index (χ2v) is 9.09. The molecule has 35 heavy (non-hydrogen) atoms.